The monoisotopic (exact) mass is 378 g/mol. The smallest absolute Gasteiger partial charge is 0.221 e. The molecule has 1 aromatic heterocycles. The molecule has 0 aliphatic heterocycles. The highest BCUT2D eigenvalue weighted by Crippen LogP contribution is 2.29. The molecule has 2 aromatic carbocycles. The zero-order valence-electron chi connectivity index (χ0n) is 15.9. The number of rotatable bonds is 5. The Morgan fingerprint density at radius 1 is 1.04 bits per heavy atom. The molecule has 0 saturated carbocycles. The van der Waals surface area contributed by atoms with Crippen molar-refractivity contribution in [2.75, 3.05) is 5.32 Å². The largest absolute Gasteiger partial charge is 0.326 e. The Morgan fingerprint density at radius 3 is 2.41 bits per heavy atom. The Balaban J connectivity index is 1.79. The lowest BCUT2D eigenvalue weighted by molar-refractivity contribution is -0.114. The van der Waals surface area contributed by atoms with Crippen LogP contribution >= 0.6 is 11.8 Å². The number of Topliss-reactive ketones (excluding diaryl/α,β-unsaturated/α-hetero) is 1. The number of benzene rings is 2. The van der Waals surface area contributed by atoms with Crippen molar-refractivity contribution in [1.82, 2.24) is 4.98 Å². The van der Waals surface area contributed by atoms with Crippen molar-refractivity contribution in [3.8, 4) is 0 Å². The van der Waals surface area contributed by atoms with Gasteiger partial charge in [0.15, 0.2) is 5.78 Å². The van der Waals surface area contributed by atoms with E-state index < -0.39 is 0 Å². The van der Waals surface area contributed by atoms with Gasteiger partial charge < -0.3 is 5.32 Å². The highest BCUT2D eigenvalue weighted by atomic mass is 32.2. The van der Waals surface area contributed by atoms with Gasteiger partial charge in [0.2, 0.25) is 5.91 Å². The summed E-state index contributed by atoms with van der Waals surface area (Å²) < 4.78 is 0. The number of thioether (sulfide) groups is 1. The molecular weight excluding hydrogens is 356 g/mol. The van der Waals surface area contributed by atoms with Crippen LogP contribution in [-0.2, 0) is 4.79 Å². The number of amides is 1. The van der Waals surface area contributed by atoms with Crippen LogP contribution in [0.25, 0.3) is 10.9 Å². The number of aryl methyl sites for hydroxylation is 2. The van der Waals surface area contributed by atoms with E-state index in [1.165, 1.54) is 18.7 Å². The molecule has 0 aliphatic rings. The lowest BCUT2D eigenvalue weighted by Crippen LogP contribution is -2.14. The number of pyridine rings is 1. The average molecular weight is 378 g/mol. The molecule has 5 heteroatoms. The minimum atomic E-state index is -0.259. The van der Waals surface area contributed by atoms with E-state index >= 15 is 0 Å². The number of fused-ring (bicyclic) bond motifs is 1. The van der Waals surface area contributed by atoms with Crippen LogP contribution < -0.4 is 5.32 Å². The van der Waals surface area contributed by atoms with Crippen LogP contribution in [0.2, 0.25) is 0 Å². The summed E-state index contributed by atoms with van der Waals surface area (Å²) in [5, 5.41) is 4.44. The predicted molar refractivity (Wildman–Crippen MR) is 112 cm³/mol. The second-order valence-electron chi connectivity index (χ2n) is 6.63. The van der Waals surface area contributed by atoms with Gasteiger partial charge in [-0.05, 0) is 62.2 Å². The molecule has 0 saturated heterocycles. The van der Waals surface area contributed by atoms with E-state index in [9.17, 15) is 9.59 Å². The summed E-state index contributed by atoms with van der Waals surface area (Å²) in [4.78, 5) is 28.6. The molecule has 0 bridgehead atoms. The van der Waals surface area contributed by atoms with Crippen LogP contribution in [0.5, 0.6) is 0 Å². The van der Waals surface area contributed by atoms with Gasteiger partial charge in [0.05, 0.1) is 15.8 Å². The van der Waals surface area contributed by atoms with Crippen LogP contribution in [0, 0.1) is 13.8 Å². The number of para-hydroxylation sites is 1. The van der Waals surface area contributed by atoms with E-state index in [1.54, 1.807) is 24.3 Å². The number of nitrogens with zero attached hydrogens (tertiary/aromatic N) is 1. The van der Waals surface area contributed by atoms with Crippen LogP contribution in [0.3, 0.4) is 0 Å². The first kappa shape index (κ1) is 19.1. The summed E-state index contributed by atoms with van der Waals surface area (Å²) in [6, 6.07) is 15.2. The fourth-order valence-electron chi connectivity index (χ4n) is 2.98. The van der Waals surface area contributed by atoms with Crippen molar-refractivity contribution in [2.45, 2.75) is 38.0 Å². The van der Waals surface area contributed by atoms with Crippen LogP contribution in [0.4, 0.5) is 5.69 Å². The van der Waals surface area contributed by atoms with Crippen LogP contribution in [-0.4, -0.2) is 21.9 Å². The molecule has 1 atom stereocenters. The van der Waals surface area contributed by atoms with Gasteiger partial charge in [-0.3, -0.25) is 9.59 Å². The Kier molecular flexibility index (Phi) is 5.61. The van der Waals surface area contributed by atoms with Gasteiger partial charge in [-0.25, -0.2) is 4.98 Å². The van der Waals surface area contributed by atoms with Gasteiger partial charge in [-0.1, -0.05) is 30.0 Å². The Hall–Kier alpha value is -2.66. The van der Waals surface area contributed by atoms with Crippen LogP contribution in [0.1, 0.15) is 35.3 Å². The topological polar surface area (TPSA) is 59.1 Å². The number of aromatic nitrogens is 1. The molecule has 1 heterocycles. The highest BCUT2D eigenvalue weighted by Gasteiger charge is 2.18. The summed E-state index contributed by atoms with van der Waals surface area (Å²) in [7, 11) is 0. The van der Waals surface area contributed by atoms with Gasteiger partial charge in [-0.2, -0.15) is 0 Å². The molecule has 4 nitrogen and oxygen atoms in total. The van der Waals surface area contributed by atoms with E-state index in [1.807, 2.05) is 19.1 Å². The third-order valence-electron chi connectivity index (χ3n) is 4.38. The Morgan fingerprint density at radius 2 is 1.74 bits per heavy atom. The number of hydrogen-bond donors (Lipinski definition) is 1. The minimum Gasteiger partial charge on any atom is -0.326 e. The number of ketones is 1. The average Bonchev–Trinajstić information content (AvgIpc) is 2.62. The van der Waals surface area contributed by atoms with Crippen molar-refractivity contribution in [3.05, 3.63) is 65.2 Å². The molecule has 0 aliphatic carbocycles. The fraction of sp³-hybridized carbons (Fsp3) is 0.227. The SMILES string of the molecule is CC(=O)Nc1ccc(C(=O)[C@H](C)Sc2cc(C)c3cccc(C)c3n2)cc1. The molecule has 3 aromatic rings. The Bertz CT molecular complexity index is 1010. The molecule has 0 radical (unpaired) electrons. The number of carbonyl (C=O) groups excluding carboxylic acids is 2. The first-order chi connectivity index (χ1) is 12.8. The third-order valence-corrected chi connectivity index (χ3v) is 5.40. The summed E-state index contributed by atoms with van der Waals surface area (Å²) in [6.07, 6.45) is 0. The molecular formula is C22H22N2O2S. The van der Waals surface area contributed by atoms with Gasteiger partial charge in [0.1, 0.15) is 0 Å². The first-order valence-electron chi connectivity index (χ1n) is 8.80. The quantitative estimate of drug-likeness (QED) is 0.491. The highest BCUT2D eigenvalue weighted by molar-refractivity contribution is 8.00. The molecule has 27 heavy (non-hydrogen) atoms. The standard InChI is InChI=1S/C22H22N2O2S/c1-13-6-5-7-19-14(2)12-20(24-21(13)19)27-15(3)22(26)17-8-10-18(11-9-17)23-16(4)25/h5-12,15H,1-4H3,(H,23,25)/t15-/m0/s1. The minimum absolute atomic E-state index is 0.0405. The molecule has 0 fully saturated rings. The number of hydrogen-bond acceptors (Lipinski definition) is 4. The van der Waals surface area contributed by atoms with E-state index in [-0.39, 0.29) is 16.9 Å². The van der Waals surface area contributed by atoms with Crippen molar-refractivity contribution >= 4 is 40.0 Å². The van der Waals surface area contributed by atoms with Crippen molar-refractivity contribution < 1.29 is 9.59 Å². The second-order valence-corrected chi connectivity index (χ2v) is 7.99. The summed E-state index contributed by atoms with van der Waals surface area (Å²) in [5.74, 6) is -0.0928. The number of anilines is 1. The lowest BCUT2D eigenvalue weighted by atomic mass is 10.1. The maximum Gasteiger partial charge on any atom is 0.221 e. The van der Waals surface area contributed by atoms with Crippen molar-refractivity contribution in [3.63, 3.8) is 0 Å². The van der Waals surface area contributed by atoms with E-state index in [0.717, 1.165) is 27.1 Å². The molecule has 1 amide bonds. The van der Waals surface area contributed by atoms with Gasteiger partial charge >= 0.3 is 0 Å². The molecule has 138 valence electrons. The van der Waals surface area contributed by atoms with Crippen molar-refractivity contribution in [2.24, 2.45) is 0 Å². The van der Waals surface area contributed by atoms with E-state index in [4.69, 9.17) is 4.98 Å². The lowest BCUT2D eigenvalue weighted by Gasteiger charge is -2.13. The summed E-state index contributed by atoms with van der Waals surface area (Å²) in [6.45, 7) is 7.47. The first-order valence-corrected chi connectivity index (χ1v) is 9.68. The predicted octanol–water partition coefficient (Wildman–Crippen LogP) is 5.17. The van der Waals surface area contributed by atoms with Gasteiger partial charge in [0.25, 0.3) is 0 Å². The van der Waals surface area contributed by atoms with Gasteiger partial charge in [0, 0.05) is 23.6 Å². The second kappa shape index (κ2) is 7.92. The molecule has 3 rings (SSSR count). The maximum atomic E-state index is 12.8. The zero-order chi connectivity index (χ0) is 19.6. The van der Waals surface area contributed by atoms with E-state index in [0.29, 0.717) is 11.3 Å². The van der Waals surface area contributed by atoms with Crippen molar-refractivity contribution in [1.29, 1.82) is 0 Å². The van der Waals surface area contributed by atoms with E-state index in [2.05, 4.69) is 31.3 Å². The summed E-state index contributed by atoms with van der Waals surface area (Å²) in [5.41, 5.74) is 4.58. The number of nitrogens with one attached hydrogen (secondary N) is 1. The molecule has 1 N–H and O–H groups in total. The Labute approximate surface area is 163 Å². The molecule has 0 unspecified atom stereocenters. The zero-order valence-corrected chi connectivity index (χ0v) is 16.7. The molecule has 0 spiro atoms. The fourth-order valence-corrected chi connectivity index (χ4v) is 3.98. The summed E-state index contributed by atoms with van der Waals surface area (Å²) >= 11 is 1.47. The van der Waals surface area contributed by atoms with Gasteiger partial charge in [-0.15, -0.1) is 0 Å². The number of carbonyl (C=O) groups is 2. The van der Waals surface area contributed by atoms with Crippen LogP contribution in [0.15, 0.2) is 53.6 Å². The third kappa shape index (κ3) is 4.37. The normalized spacial score (nSPS) is 12.0. The maximum absolute atomic E-state index is 12.8.